The van der Waals surface area contributed by atoms with Crippen LogP contribution in [0, 0.1) is 0 Å². The maximum absolute atomic E-state index is 12.6. The van der Waals surface area contributed by atoms with Crippen molar-refractivity contribution in [2.45, 2.75) is 37.5 Å². The number of benzene rings is 2. The molecule has 3 rings (SSSR count). The summed E-state index contributed by atoms with van der Waals surface area (Å²) in [6, 6.07) is 13.5. The van der Waals surface area contributed by atoms with Crippen LogP contribution in [-0.4, -0.2) is 38.9 Å². The molecule has 1 aliphatic rings. The molecule has 0 aliphatic carbocycles. The van der Waals surface area contributed by atoms with Gasteiger partial charge in [-0.2, -0.15) is 0 Å². The quantitative estimate of drug-likeness (QED) is 0.768. The predicted octanol–water partition coefficient (Wildman–Crippen LogP) is 3.61. The van der Waals surface area contributed by atoms with Crippen LogP contribution in [0.25, 0.3) is 0 Å². The number of rotatable bonds is 7. The SMILES string of the molecule is CC(C)c1ccc(S(=O)(=O)Nc2cccc(OCC(=O)N3CCCC3)c2)cc1. The molecule has 0 aromatic heterocycles. The molecule has 0 unspecified atom stereocenters. The molecule has 1 N–H and O–H groups in total. The first-order valence-electron chi connectivity index (χ1n) is 9.48. The van der Waals surface area contributed by atoms with Crippen LogP contribution in [0.2, 0.25) is 0 Å². The number of hydrogen-bond acceptors (Lipinski definition) is 4. The van der Waals surface area contributed by atoms with E-state index in [-0.39, 0.29) is 17.4 Å². The lowest BCUT2D eigenvalue weighted by atomic mass is 10.0. The number of ether oxygens (including phenoxy) is 1. The molecule has 0 radical (unpaired) electrons. The zero-order valence-corrected chi connectivity index (χ0v) is 17.0. The van der Waals surface area contributed by atoms with Crippen LogP contribution in [0.3, 0.4) is 0 Å². The van der Waals surface area contributed by atoms with E-state index in [1.807, 2.05) is 12.1 Å². The van der Waals surface area contributed by atoms with Gasteiger partial charge in [-0.15, -0.1) is 0 Å². The number of nitrogens with one attached hydrogen (secondary N) is 1. The van der Waals surface area contributed by atoms with Crippen LogP contribution < -0.4 is 9.46 Å². The van der Waals surface area contributed by atoms with E-state index in [1.165, 1.54) is 0 Å². The first kappa shape index (κ1) is 20.2. The summed E-state index contributed by atoms with van der Waals surface area (Å²) in [6.45, 7) is 5.62. The van der Waals surface area contributed by atoms with Gasteiger partial charge in [0.25, 0.3) is 15.9 Å². The Kier molecular flexibility index (Phi) is 6.24. The molecule has 1 saturated heterocycles. The molecule has 2 aromatic rings. The van der Waals surface area contributed by atoms with E-state index in [4.69, 9.17) is 4.74 Å². The van der Waals surface area contributed by atoms with Gasteiger partial charge in [0.15, 0.2) is 6.61 Å². The summed E-state index contributed by atoms with van der Waals surface area (Å²) in [7, 11) is -3.70. The van der Waals surface area contributed by atoms with Crippen LogP contribution in [-0.2, 0) is 14.8 Å². The van der Waals surface area contributed by atoms with Crippen molar-refractivity contribution in [3.8, 4) is 5.75 Å². The van der Waals surface area contributed by atoms with Crippen LogP contribution in [0.4, 0.5) is 5.69 Å². The molecule has 6 nitrogen and oxygen atoms in total. The van der Waals surface area contributed by atoms with Crippen molar-refractivity contribution in [3.05, 3.63) is 54.1 Å². The standard InChI is InChI=1S/C21H26N2O4S/c1-16(2)17-8-10-20(11-9-17)28(25,26)22-18-6-5-7-19(14-18)27-15-21(24)23-12-3-4-13-23/h5-11,14,16,22H,3-4,12-13,15H2,1-2H3. The minimum absolute atomic E-state index is 0.0475. The second-order valence-electron chi connectivity index (χ2n) is 7.23. The van der Waals surface area contributed by atoms with Gasteiger partial charge in [0.2, 0.25) is 0 Å². The van der Waals surface area contributed by atoms with Crippen molar-refractivity contribution >= 4 is 21.6 Å². The highest BCUT2D eigenvalue weighted by molar-refractivity contribution is 7.92. The Hall–Kier alpha value is -2.54. The summed E-state index contributed by atoms with van der Waals surface area (Å²) < 4.78 is 33.4. The van der Waals surface area contributed by atoms with Gasteiger partial charge in [-0.1, -0.05) is 32.0 Å². The summed E-state index contributed by atoms with van der Waals surface area (Å²) in [5.74, 6) is 0.735. The monoisotopic (exact) mass is 402 g/mol. The van der Waals surface area contributed by atoms with E-state index >= 15 is 0 Å². The Morgan fingerprint density at radius 3 is 2.43 bits per heavy atom. The Labute approximate surface area is 166 Å². The highest BCUT2D eigenvalue weighted by Gasteiger charge is 2.18. The summed E-state index contributed by atoms with van der Waals surface area (Å²) in [5, 5.41) is 0. The fraction of sp³-hybridized carbons (Fsp3) is 0.381. The lowest BCUT2D eigenvalue weighted by Gasteiger charge is -2.16. The smallest absolute Gasteiger partial charge is 0.261 e. The maximum atomic E-state index is 12.6. The number of carbonyl (C=O) groups excluding carboxylic acids is 1. The minimum Gasteiger partial charge on any atom is -0.484 e. The third kappa shape index (κ3) is 5.04. The van der Waals surface area contributed by atoms with Crippen molar-refractivity contribution in [1.82, 2.24) is 4.90 Å². The summed E-state index contributed by atoms with van der Waals surface area (Å²) >= 11 is 0. The summed E-state index contributed by atoms with van der Waals surface area (Å²) in [5.41, 5.74) is 1.47. The molecule has 150 valence electrons. The normalized spacial score (nSPS) is 14.3. The molecule has 0 atom stereocenters. The number of carbonyl (C=O) groups is 1. The first-order valence-corrected chi connectivity index (χ1v) is 11.0. The van der Waals surface area contributed by atoms with Gasteiger partial charge in [-0.05, 0) is 48.6 Å². The van der Waals surface area contributed by atoms with Gasteiger partial charge >= 0.3 is 0 Å². The van der Waals surface area contributed by atoms with E-state index in [1.54, 1.807) is 41.3 Å². The molecule has 2 aromatic carbocycles. The Balaban J connectivity index is 1.65. The van der Waals surface area contributed by atoms with Crippen molar-refractivity contribution in [2.75, 3.05) is 24.4 Å². The highest BCUT2D eigenvalue weighted by atomic mass is 32.2. The van der Waals surface area contributed by atoms with Crippen molar-refractivity contribution < 1.29 is 17.9 Å². The molecule has 28 heavy (non-hydrogen) atoms. The minimum atomic E-state index is -3.70. The molecule has 0 spiro atoms. The van der Waals surface area contributed by atoms with E-state index in [0.29, 0.717) is 17.4 Å². The zero-order chi connectivity index (χ0) is 20.1. The molecule has 0 bridgehead atoms. The van der Waals surface area contributed by atoms with Crippen molar-refractivity contribution in [3.63, 3.8) is 0 Å². The number of nitrogens with zero attached hydrogens (tertiary/aromatic N) is 1. The Morgan fingerprint density at radius 2 is 1.79 bits per heavy atom. The lowest BCUT2D eigenvalue weighted by Crippen LogP contribution is -2.32. The van der Waals surface area contributed by atoms with Crippen LogP contribution in [0.5, 0.6) is 5.75 Å². The fourth-order valence-corrected chi connectivity index (χ4v) is 4.15. The second kappa shape index (κ2) is 8.65. The number of hydrogen-bond donors (Lipinski definition) is 1. The predicted molar refractivity (Wildman–Crippen MR) is 109 cm³/mol. The van der Waals surface area contributed by atoms with E-state index in [2.05, 4.69) is 18.6 Å². The molecular weight excluding hydrogens is 376 g/mol. The number of amides is 1. The summed E-state index contributed by atoms with van der Waals surface area (Å²) in [6.07, 6.45) is 2.06. The average molecular weight is 403 g/mol. The third-order valence-corrected chi connectivity index (χ3v) is 6.16. The molecule has 7 heteroatoms. The molecule has 1 fully saturated rings. The lowest BCUT2D eigenvalue weighted by molar-refractivity contribution is -0.132. The van der Waals surface area contributed by atoms with E-state index in [9.17, 15) is 13.2 Å². The van der Waals surface area contributed by atoms with E-state index < -0.39 is 10.0 Å². The van der Waals surface area contributed by atoms with Gasteiger partial charge in [0.05, 0.1) is 10.6 Å². The third-order valence-electron chi connectivity index (χ3n) is 4.76. The fourth-order valence-electron chi connectivity index (χ4n) is 3.10. The largest absolute Gasteiger partial charge is 0.484 e. The first-order chi connectivity index (χ1) is 13.3. The van der Waals surface area contributed by atoms with Gasteiger partial charge in [0.1, 0.15) is 5.75 Å². The van der Waals surface area contributed by atoms with Gasteiger partial charge < -0.3 is 9.64 Å². The van der Waals surface area contributed by atoms with Crippen LogP contribution in [0.15, 0.2) is 53.4 Å². The van der Waals surface area contributed by atoms with Crippen LogP contribution in [0.1, 0.15) is 38.2 Å². The Bertz CT molecular complexity index is 918. The average Bonchev–Trinajstić information content (AvgIpc) is 3.21. The summed E-state index contributed by atoms with van der Waals surface area (Å²) in [4.78, 5) is 14.1. The number of sulfonamides is 1. The van der Waals surface area contributed by atoms with Crippen molar-refractivity contribution in [1.29, 1.82) is 0 Å². The van der Waals surface area contributed by atoms with Crippen molar-refractivity contribution in [2.24, 2.45) is 0 Å². The van der Waals surface area contributed by atoms with Crippen LogP contribution >= 0.6 is 0 Å². The number of anilines is 1. The molecule has 1 amide bonds. The molecule has 0 saturated carbocycles. The number of likely N-dealkylation sites (tertiary alicyclic amines) is 1. The highest BCUT2D eigenvalue weighted by Crippen LogP contribution is 2.22. The molecular formula is C21H26N2O4S. The topological polar surface area (TPSA) is 75.7 Å². The second-order valence-corrected chi connectivity index (χ2v) is 8.92. The van der Waals surface area contributed by atoms with Gasteiger partial charge in [-0.25, -0.2) is 8.42 Å². The van der Waals surface area contributed by atoms with Gasteiger partial charge in [0, 0.05) is 19.2 Å². The molecule has 1 heterocycles. The maximum Gasteiger partial charge on any atom is 0.261 e. The van der Waals surface area contributed by atoms with Gasteiger partial charge in [-0.3, -0.25) is 9.52 Å². The molecule has 1 aliphatic heterocycles. The Morgan fingerprint density at radius 1 is 1.11 bits per heavy atom. The zero-order valence-electron chi connectivity index (χ0n) is 16.2. The van der Waals surface area contributed by atoms with E-state index in [0.717, 1.165) is 31.5 Å².